The van der Waals surface area contributed by atoms with Crippen molar-refractivity contribution >= 4 is 11.4 Å². The summed E-state index contributed by atoms with van der Waals surface area (Å²) in [5.74, 6) is 0.464. The molecular formula is C14H22N2O4. The first-order chi connectivity index (χ1) is 9.26. The van der Waals surface area contributed by atoms with Crippen LogP contribution in [-0.4, -0.2) is 35.3 Å². The van der Waals surface area contributed by atoms with Crippen LogP contribution in [0.2, 0.25) is 0 Å². The molecule has 0 amide bonds. The van der Waals surface area contributed by atoms with Crippen LogP contribution in [0.4, 0.5) is 11.4 Å². The summed E-state index contributed by atoms with van der Waals surface area (Å²) in [6, 6.07) is 4.66. The number of benzene rings is 1. The van der Waals surface area contributed by atoms with Gasteiger partial charge in [-0.15, -0.1) is 0 Å². The summed E-state index contributed by atoms with van der Waals surface area (Å²) < 4.78 is 5.37. The fourth-order valence-electron chi connectivity index (χ4n) is 1.96. The summed E-state index contributed by atoms with van der Waals surface area (Å²) in [5.41, 5.74) is -0.223. The van der Waals surface area contributed by atoms with Crippen LogP contribution < -0.4 is 9.64 Å². The van der Waals surface area contributed by atoms with E-state index in [0.717, 1.165) is 0 Å². The molecule has 112 valence electrons. The maximum Gasteiger partial charge on any atom is 0.275 e. The van der Waals surface area contributed by atoms with Crippen LogP contribution >= 0.6 is 0 Å². The molecule has 0 aliphatic heterocycles. The second kappa shape index (κ2) is 6.56. The van der Waals surface area contributed by atoms with Gasteiger partial charge in [0.2, 0.25) is 0 Å². The molecule has 0 bridgehead atoms. The van der Waals surface area contributed by atoms with Gasteiger partial charge in [0.05, 0.1) is 23.2 Å². The van der Waals surface area contributed by atoms with E-state index in [-0.39, 0.29) is 5.69 Å². The first-order valence-corrected chi connectivity index (χ1v) is 6.66. The van der Waals surface area contributed by atoms with E-state index < -0.39 is 10.5 Å². The number of anilines is 1. The summed E-state index contributed by atoms with van der Waals surface area (Å²) in [5, 5.41) is 20.9. The second-order valence-corrected chi connectivity index (χ2v) is 5.20. The number of non-ortho nitro benzene ring substituents is 1. The van der Waals surface area contributed by atoms with Gasteiger partial charge in [-0.3, -0.25) is 10.1 Å². The van der Waals surface area contributed by atoms with Gasteiger partial charge < -0.3 is 14.7 Å². The van der Waals surface area contributed by atoms with Gasteiger partial charge in [-0.05, 0) is 27.7 Å². The lowest BCUT2D eigenvalue weighted by atomic mass is 10.1. The number of hydrogen-bond donors (Lipinski definition) is 1. The smallest absolute Gasteiger partial charge is 0.275 e. The van der Waals surface area contributed by atoms with Crippen molar-refractivity contribution in [3.63, 3.8) is 0 Å². The molecule has 0 saturated carbocycles. The van der Waals surface area contributed by atoms with Gasteiger partial charge in [-0.25, -0.2) is 0 Å². The summed E-state index contributed by atoms with van der Waals surface area (Å²) >= 11 is 0. The Morgan fingerprint density at radius 1 is 1.35 bits per heavy atom. The highest BCUT2D eigenvalue weighted by molar-refractivity contribution is 5.58. The number of hydrogen-bond acceptors (Lipinski definition) is 5. The van der Waals surface area contributed by atoms with E-state index in [1.165, 1.54) is 12.1 Å². The summed E-state index contributed by atoms with van der Waals surface area (Å²) in [4.78, 5) is 12.4. The van der Waals surface area contributed by atoms with E-state index in [1.54, 1.807) is 19.9 Å². The van der Waals surface area contributed by atoms with Crippen molar-refractivity contribution in [3.8, 4) is 5.75 Å². The maximum absolute atomic E-state index is 11.0. The molecule has 0 aromatic heterocycles. The Hall–Kier alpha value is -1.82. The van der Waals surface area contributed by atoms with E-state index in [1.807, 2.05) is 18.7 Å². The molecular weight excluding hydrogens is 260 g/mol. The SMILES string of the molecule is CCOc1cc(N(CC)CC(C)(C)O)cc([N+](=O)[O-])c1. The Kier molecular flexibility index (Phi) is 5.33. The van der Waals surface area contributed by atoms with Crippen molar-refractivity contribution in [1.29, 1.82) is 0 Å². The highest BCUT2D eigenvalue weighted by Crippen LogP contribution is 2.29. The highest BCUT2D eigenvalue weighted by Gasteiger charge is 2.20. The van der Waals surface area contributed by atoms with Crippen LogP contribution in [0, 0.1) is 10.1 Å². The summed E-state index contributed by atoms with van der Waals surface area (Å²) in [7, 11) is 0. The van der Waals surface area contributed by atoms with Gasteiger partial charge in [0.25, 0.3) is 5.69 Å². The van der Waals surface area contributed by atoms with Gasteiger partial charge >= 0.3 is 0 Å². The fourth-order valence-corrected chi connectivity index (χ4v) is 1.96. The predicted octanol–water partition coefficient (Wildman–Crippen LogP) is 2.59. The zero-order valence-electron chi connectivity index (χ0n) is 12.4. The number of aliphatic hydroxyl groups is 1. The van der Waals surface area contributed by atoms with Crippen LogP contribution in [0.3, 0.4) is 0 Å². The minimum Gasteiger partial charge on any atom is -0.494 e. The van der Waals surface area contributed by atoms with E-state index in [4.69, 9.17) is 4.74 Å². The molecule has 0 fully saturated rings. The van der Waals surface area contributed by atoms with Crippen molar-refractivity contribution in [2.75, 3.05) is 24.6 Å². The Bertz CT molecular complexity index is 469. The standard InChI is InChI=1S/C14H22N2O4/c1-5-15(10-14(3,4)17)11-7-12(16(18)19)9-13(8-11)20-6-2/h7-9,17H,5-6,10H2,1-4H3. The quantitative estimate of drug-likeness (QED) is 0.614. The van der Waals surface area contributed by atoms with Gasteiger partial charge in [0, 0.05) is 30.9 Å². The lowest BCUT2D eigenvalue weighted by Crippen LogP contribution is -2.38. The topological polar surface area (TPSA) is 75.8 Å². The molecule has 0 atom stereocenters. The third-order valence-electron chi connectivity index (χ3n) is 2.72. The molecule has 0 unspecified atom stereocenters. The molecule has 0 saturated heterocycles. The third-order valence-corrected chi connectivity index (χ3v) is 2.72. The van der Waals surface area contributed by atoms with Crippen molar-refractivity contribution in [3.05, 3.63) is 28.3 Å². The largest absolute Gasteiger partial charge is 0.494 e. The first-order valence-electron chi connectivity index (χ1n) is 6.66. The predicted molar refractivity (Wildman–Crippen MR) is 78.5 cm³/mol. The van der Waals surface area contributed by atoms with Gasteiger partial charge in [-0.2, -0.15) is 0 Å². The minimum absolute atomic E-state index is 0.0138. The summed E-state index contributed by atoms with van der Waals surface area (Å²) in [6.07, 6.45) is 0. The molecule has 0 spiro atoms. The molecule has 0 radical (unpaired) electrons. The fraction of sp³-hybridized carbons (Fsp3) is 0.571. The number of ether oxygens (including phenoxy) is 1. The molecule has 0 aliphatic rings. The number of likely N-dealkylation sites (N-methyl/N-ethyl adjacent to an activating group) is 1. The Balaban J connectivity index is 3.16. The zero-order chi connectivity index (χ0) is 15.3. The normalized spacial score (nSPS) is 11.2. The number of rotatable bonds is 7. The third kappa shape index (κ3) is 4.70. The van der Waals surface area contributed by atoms with Crippen molar-refractivity contribution in [1.82, 2.24) is 0 Å². The zero-order valence-corrected chi connectivity index (χ0v) is 12.4. The molecule has 1 rings (SSSR count). The minimum atomic E-state index is -0.883. The van der Waals surface area contributed by atoms with Crippen LogP contribution in [0.15, 0.2) is 18.2 Å². The van der Waals surface area contributed by atoms with Crippen molar-refractivity contribution in [2.45, 2.75) is 33.3 Å². The van der Waals surface area contributed by atoms with Crippen LogP contribution in [-0.2, 0) is 0 Å². The molecule has 0 heterocycles. The molecule has 1 N–H and O–H groups in total. The van der Waals surface area contributed by atoms with Crippen LogP contribution in [0.5, 0.6) is 5.75 Å². The summed E-state index contributed by atoms with van der Waals surface area (Å²) in [6.45, 7) is 8.63. The molecule has 6 nitrogen and oxygen atoms in total. The van der Waals surface area contributed by atoms with E-state index in [0.29, 0.717) is 31.1 Å². The molecule has 6 heteroatoms. The van der Waals surface area contributed by atoms with Crippen molar-refractivity contribution in [2.24, 2.45) is 0 Å². The second-order valence-electron chi connectivity index (χ2n) is 5.20. The van der Waals surface area contributed by atoms with Crippen molar-refractivity contribution < 1.29 is 14.8 Å². The lowest BCUT2D eigenvalue weighted by Gasteiger charge is -2.30. The molecule has 1 aromatic carbocycles. The average Bonchev–Trinajstić information content (AvgIpc) is 2.34. The average molecular weight is 282 g/mol. The monoisotopic (exact) mass is 282 g/mol. The van der Waals surface area contributed by atoms with Gasteiger partial charge in [0.15, 0.2) is 0 Å². The molecule has 0 aliphatic carbocycles. The first kappa shape index (κ1) is 16.2. The number of nitrogens with zero attached hydrogens (tertiary/aromatic N) is 2. The molecule has 1 aromatic rings. The van der Waals surface area contributed by atoms with Crippen LogP contribution in [0.1, 0.15) is 27.7 Å². The number of nitro benzene ring substituents is 1. The van der Waals surface area contributed by atoms with Crippen LogP contribution in [0.25, 0.3) is 0 Å². The highest BCUT2D eigenvalue weighted by atomic mass is 16.6. The Morgan fingerprint density at radius 2 is 2.00 bits per heavy atom. The maximum atomic E-state index is 11.0. The molecule has 20 heavy (non-hydrogen) atoms. The van der Waals surface area contributed by atoms with E-state index in [2.05, 4.69) is 0 Å². The van der Waals surface area contributed by atoms with E-state index in [9.17, 15) is 15.2 Å². The number of nitro groups is 1. The van der Waals surface area contributed by atoms with E-state index >= 15 is 0 Å². The Morgan fingerprint density at radius 3 is 2.45 bits per heavy atom. The van der Waals surface area contributed by atoms with Gasteiger partial charge in [-0.1, -0.05) is 0 Å². The lowest BCUT2D eigenvalue weighted by molar-refractivity contribution is -0.384. The Labute approximate surface area is 119 Å². The van der Waals surface area contributed by atoms with Gasteiger partial charge in [0.1, 0.15) is 5.75 Å².